The van der Waals surface area contributed by atoms with Crippen molar-refractivity contribution in [3.63, 3.8) is 0 Å². The van der Waals surface area contributed by atoms with Gasteiger partial charge in [0.2, 0.25) is 0 Å². The molecular formula is C12H18N2O2S. The van der Waals surface area contributed by atoms with Crippen LogP contribution in [0, 0.1) is 0 Å². The minimum absolute atomic E-state index is 0.169. The summed E-state index contributed by atoms with van der Waals surface area (Å²) in [6.07, 6.45) is -0.337. The molecule has 0 radical (unpaired) electrons. The Bertz CT molecular complexity index is 383. The van der Waals surface area contributed by atoms with E-state index >= 15 is 0 Å². The second-order valence-corrected chi connectivity index (χ2v) is 5.30. The zero-order valence-electron chi connectivity index (χ0n) is 10.0. The van der Waals surface area contributed by atoms with Crippen molar-refractivity contribution in [3.05, 3.63) is 35.4 Å². The molecule has 1 aromatic carbocycles. The highest BCUT2D eigenvalue weighted by molar-refractivity contribution is 7.99. The first kappa shape index (κ1) is 14.0. The van der Waals surface area contributed by atoms with Gasteiger partial charge in [-0.3, -0.25) is 10.2 Å². The first-order valence-electron chi connectivity index (χ1n) is 5.44. The Morgan fingerprint density at radius 3 is 2.82 bits per heavy atom. The molecule has 0 saturated carbocycles. The molecule has 0 aliphatic carbocycles. The summed E-state index contributed by atoms with van der Waals surface area (Å²) in [6, 6.07) is 7.31. The van der Waals surface area contributed by atoms with E-state index in [9.17, 15) is 9.90 Å². The Morgan fingerprint density at radius 2 is 2.24 bits per heavy atom. The van der Waals surface area contributed by atoms with Crippen LogP contribution in [0.3, 0.4) is 0 Å². The lowest BCUT2D eigenvalue weighted by Crippen LogP contribution is -2.29. The summed E-state index contributed by atoms with van der Waals surface area (Å²) in [4.78, 5) is 11.3. The number of aliphatic hydroxyl groups is 1. The van der Waals surface area contributed by atoms with E-state index in [0.717, 1.165) is 11.3 Å². The number of aliphatic hydroxyl groups excluding tert-OH is 1. The molecule has 2 unspecified atom stereocenters. The summed E-state index contributed by atoms with van der Waals surface area (Å²) in [7, 11) is 0. The van der Waals surface area contributed by atoms with Gasteiger partial charge in [0.15, 0.2) is 0 Å². The van der Waals surface area contributed by atoms with E-state index in [4.69, 9.17) is 5.84 Å². The summed E-state index contributed by atoms with van der Waals surface area (Å²) >= 11 is 1.65. The van der Waals surface area contributed by atoms with E-state index in [-0.39, 0.29) is 17.3 Å². The Hall–Kier alpha value is -1.04. The van der Waals surface area contributed by atoms with E-state index in [1.165, 1.54) is 0 Å². The summed E-state index contributed by atoms with van der Waals surface area (Å²) in [5.41, 5.74) is 3.70. The number of thioether (sulfide) groups is 1. The van der Waals surface area contributed by atoms with Crippen molar-refractivity contribution in [1.82, 2.24) is 5.43 Å². The lowest BCUT2D eigenvalue weighted by molar-refractivity contribution is 0.0953. The van der Waals surface area contributed by atoms with Crippen LogP contribution in [0.25, 0.3) is 0 Å². The molecule has 4 N–H and O–H groups in total. The van der Waals surface area contributed by atoms with E-state index < -0.39 is 0 Å². The normalized spacial score (nSPS) is 14.1. The van der Waals surface area contributed by atoms with Crippen LogP contribution < -0.4 is 11.3 Å². The van der Waals surface area contributed by atoms with Crippen LogP contribution in [0.4, 0.5) is 0 Å². The van der Waals surface area contributed by atoms with Crippen LogP contribution in [-0.2, 0) is 5.75 Å². The van der Waals surface area contributed by atoms with Crippen molar-refractivity contribution in [2.24, 2.45) is 5.84 Å². The first-order chi connectivity index (χ1) is 8.04. The minimum Gasteiger partial charge on any atom is -0.392 e. The van der Waals surface area contributed by atoms with Crippen molar-refractivity contribution in [2.45, 2.75) is 31.0 Å². The zero-order chi connectivity index (χ0) is 12.8. The maximum Gasteiger partial charge on any atom is 0.265 e. The molecule has 1 rings (SSSR count). The zero-order valence-corrected chi connectivity index (χ0v) is 10.8. The molecule has 0 heterocycles. The SMILES string of the molecule is CC(O)C(C)SCc1cccc(C(=O)NN)c1. The van der Waals surface area contributed by atoms with Crippen LogP contribution in [0.1, 0.15) is 29.8 Å². The fraction of sp³-hybridized carbons (Fsp3) is 0.417. The van der Waals surface area contributed by atoms with Gasteiger partial charge in [0.1, 0.15) is 0 Å². The van der Waals surface area contributed by atoms with E-state index in [2.05, 4.69) is 5.43 Å². The summed E-state index contributed by atoms with van der Waals surface area (Å²) in [6.45, 7) is 3.75. The predicted octanol–water partition coefficient (Wildman–Crippen LogP) is 1.29. The van der Waals surface area contributed by atoms with Gasteiger partial charge in [0, 0.05) is 16.6 Å². The number of nitrogens with two attached hydrogens (primary N) is 1. The number of nitrogen functional groups attached to an aromatic ring is 1. The lowest BCUT2D eigenvalue weighted by Gasteiger charge is -2.14. The average molecular weight is 254 g/mol. The van der Waals surface area contributed by atoms with Crippen LogP contribution in [0.2, 0.25) is 0 Å². The van der Waals surface area contributed by atoms with Gasteiger partial charge >= 0.3 is 0 Å². The summed E-state index contributed by atoms with van der Waals surface area (Å²) in [5.74, 6) is 5.55. The van der Waals surface area contributed by atoms with E-state index in [1.54, 1.807) is 24.8 Å². The van der Waals surface area contributed by atoms with Crippen LogP contribution in [-0.4, -0.2) is 22.4 Å². The van der Waals surface area contributed by atoms with Gasteiger partial charge in [-0.25, -0.2) is 5.84 Å². The average Bonchev–Trinajstić information content (AvgIpc) is 2.35. The number of carbonyl (C=O) groups is 1. The number of nitrogens with one attached hydrogen (secondary N) is 1. The monoisotopic (exact) mass is 254 g/mol. The fourth-order valence-corrected chi connectivity index (χ4v) is 2.17. The van der Waals surface area contributed by atoms with Gasteiger partial charge in [0.05, 0.1) is 6.10 Å². The highest BCUT2D eigenvalue weighted by atomic mass is 32.2. The number of rotatable bonds is 5. The van der Waals surface area contributed by atoms with Gasteiger partial charge in [-0.05, 0) is 24.6 Å². The maximum absolute atomic E-state index is 11.3. The van der Waals surface area contributed by atoms with Gasteiger partial charge in [0.25, 0.3) is 5.91 Å². The van der Waals surface area contributed by atoms with Crippen LogP contribution >= 0.6 is 11.8 Å². The number of carbonyl (C=O) groups excluding carboxylic acids is 1. The highest BCUT2D eigenvalue weighted by Crippen LogP contribution is 2.20. The molecule has 1 aromatic rings. The standard InChI is InChI=1S/C12H18N2O2S/c1-8(15)9(2)17-7-10-4-3-5-11(6-10)12(16)14-13/h3-6,8-9,15H,7,13H2,1-2H3,(H,14,16). The Morgan fingerprint density at radius 1 is 1.53 bits per heavy atom. The number of hydrogen-bond donors (Lipinski definition) is 3. The smallest absolute Gasteiger partial charge is 0.265 e. The number of hydrazine groups is 1. The lowest BCUT2D eigenvalue weighted by atomic mass is 10.1. The van der Waals surface area contributed by atoms with Gasteiger partial charge in [-0.15, -0.1) is 0 Å². The fourth-order valence-electron chi connectivity index (χ4n) is 1.25. The third-order valence-corrected chi connectivity index (χ3v) is 3.93. The molecule has 2 atom stereocenters. The van der Waals surface area contributed by atoms with Gasteiger partial charge < -0.3 is 5.11 Å². The molecule has 17 heavy (non-hydrogen) atoms. The molecule has 0 saturated heterocycles. The topological polar surface area (TPSA) is 75.3 Å². The van der Waals surface area contributed by atoms with Crippen molar-refractivity contribution in [2.75, 3.05) is 0 Å². The largest absolute Gasteiger partial charge is 0.392 e. The number of amides is 1. The van der Waals surface area contributed by atoms with Crippen LogP contribution in [0.15, 0.2) is 24.3 Å². The van der Waals surface area contributed by atoms with Crippen molar-refractivity contribution in [1.29, 1.82) is 0 Å². The van der Waals surface area contributed by atoms with E-state index in [0.29, 0.717) is 5.56 Å². The van der Waals surface area contributed by atoms with Gasteiger partial charge in [-0.2, -0.15) is 11.8 Å². The Labute approximate surface area is 106 Å². The van der Waals surface area contributed by atoms with Gasteiger partial charge in [-0.1, -0.05) is 19.1 Å². The molecule has 0 bridgehead atoms. The predicted molar refractivity (Wildman–Crippen MR) is 70.5 cm³/mol. The maximum atomic E-state index is 11.3. The molecule has 1 amide bonds. The molecule has 0 aliphatic rings. The molecule has 0 fully saturated rings. The molecule has 0 aromatic heterocycles. The number of benzene rings is 1. The molecule has 0 spiro atoms. The van der Waals surface area contributed by atoms with Crippen molar-refractivity contribution in [3.8, 4) is 0 Å². The third kappa shape index (κ3) is 4.38. The first-order valence-corrected chi connectivity index (χ1v) is 6.49. The third-order valence-electron chi connectivity index (χ3n) is 2.51. The highest BCUT2D eigenvalue weighted by Gasteiger charge is 2.10. The van der Waals surface area contributed by atoms with E-state index in [1.807, 2.05) is 25.1 Å². The molecular weight excluding hydrogens is 236 g/mol. The molecule has 94 valence electrons. The second kappa shape index (κ2) is 6.64. The van der Waals surface area contributed by atoms with Crippen LogP contribution in [0.5, 0.6) is 0 Å². The molecule has 0 aliphatic heterocycles. The second-order valence-electron chi connectivity index (χ2n) is 3.93. The summed E-state index contributed by atoms with van der Waals surface area (Å²) in [5, 5.41) is 9.55. The molecule has 4 nitrogen and oxygen atoms in total. The van der Waals surface area contributed by atoms with Crippen molar-refractivity contribution >= 4 is 17.7 Å². The minimum atomic E-state index is -0.337. The molecule has 5 heteroatoms. The number of hydrogen-bond acceptors (Lipinski definition) is 4. The van der Waals surface area contributed by atoms with Crippen molar-refractivity contribution < 1.29 is 9.90 Å². The Balaban J connectivity index is 2.63. The Kier molecular flexibility index (Phi) is 5.47. The quantitative estimate of drug-likeness (QED) is 0.420. The summed E-state index contributed by atoms with van der Waals surface area (Å²) < 4.78 is 0.